The summed E-state index contributed by atoms with van der Waals surface area (Å²) in [6, 6.07) is 0.504. The van der Waals surface area contributed by atoms with Crippen LogP contribution in [0.3, 0.4) is 0 Å². The van der Waals surface area contributed by atoms with Crippen LogP contribution in [0, 0.1) is 13.8 Å². The first-order valence-corrected chi connectivity index (χ1v) is 7.21. The summed E-state index contributed by atoms with van der Waals surface area (Å²) in [5, 5.41) is 2.94. The van der Waals surface area contributed by atoms with Crippen LogP contribution in [-0.2, 0) is 0 Å². The van der Waals surface area contributed by atoms with E-state index < -0.39 is 0 Å². The maximum absolute atomic E-state index is 12.1. The first-order valence-electron chi connectivity index (χ1n) is 7.21. The molecule has 108 valence electrons. The maximum atomic E-state index is 12.1. The number of nitrogens with zero attached hydrogens (tertiary/aromatic N) is 3. The molecule has 1 atom stereocenters. The molecule has 1 aromatic heterocycles. The number of aromatic nitrogens is 2. The minimum Gasteiger partial charge on any atom is -0.355 e. The fraction of sp³-hybridized carbons (Fsp3) is 0.643. The van der Waals surface area contributed by atoms with Gasteiger partial charge < -0.3 is 16.0 Å². The van der Waals surface area contributed by atoms with Gasteiger partial charge in [-0.3, -0.25) is 4.79 Å². The molecule has 6 nitrogen and oxygen atoms in total. The van der Waals surface area contributed by atoms with Crippen LogP contribution in [-0.4, -0.2) is 41.0 Å². The SMILES string of the molecule is Cc1nc(C(=O)NC2CC2)nc(N2CC[C@@H](N)C2)c1C. The van der Waals surface area contributed by atoms with E-state index in [4.69, 9.17) is 5.73 Å². The summed E-state index contributed by atoms with van der Waals surface area (Å²) in [7, 11) is 0. The lowest BCUT2D eigenvalue weighted by molar-refractivity contribution is 0.0940. The number of rotatable bonds is 3. The van der Waals surface area contributed by atoms with Gasteiger partial charge in [0.1, 0.15) is 5.82 Å². The zero-order valence-electron chi connectivity index (χ0n) is 12.0. The van der Waals surface area contributed by atoms with Crippen molar-refractivity contribution in [2.24, 2.45) is 5.73 Å². The van der Waals surface area contributed by atoms with Gasteiger partial charge in [-0.1, -0.05) is 0 Å². The van der Waals surface area contributed by atoms with E-state index in [1.807, 2.05) is 13.8 Å². The van der Waals surface area contributed by atoms with Crippen molar-refractivity contribution in [2.75, 3.05) is 18.0 Å². The van der Waals surface area contributed by atoms with Crippen LogP contribution < -0.4 is 16.0 Å². The van der Waals surface area contributed by atoms with E-state index in [0.29, 0.717) is 6.04 Å². The van der Waals surface area contributed by atoms with Gasteiger partial charge >= 0.3 is 0 Å². The molecule has 2 fully saturated rings. The lowest BCUT2D eigenvalue weighted by atomic mass is 10.2. The lowest BCUT2D eigenvalue weighted by Crippen LogP contribution is -2.31. The normalized spacial score (nSPS) is 22.1. The summed E-state index contributed by atoms with van der Waals surface area (Å²) in [6.07, 6.45) is 3.08. The number of aryl methyl sites for hydroxylation is 1. The summed E-state index contributed by atoms with van der Waals surface area (Å²) in [5.41, 5.74) is 7.85. The standard InChI is InChI=1S/C14H21N5O/c1-8-9(2)16-12(14(20)17-11-3-4-11)18-13(8)19-6-5-10(15)7-19/h10-11H,3-7,15H2,1-2H3,(H,17,20)/t10-/m1/s1. The van der Waals surface area contributed by atoms with Crippen molar-refractivity contribution in [1.29, 1.82) is 0 Å². The molecule has 3 N–H and O–H groups in total. The molecule has 1 aliphatic heterocycles. The fourth-order valence-corrected chi connectivity index (χ4v) is 2.48. The Bertz CT molecular complexity index is 541. The molecule has 1 aliphatic carbocycles. The average Bonchev–Trinajstić information content (AvgIpc) is 3.12. The van der Waals surface area contributed by atoms with E-state index in [-0.39, 0.29) is 17.8 Å². The van der Waals surface area contributed by atoms with Crippen molar-refractivity contribution in [3.8, 4) is 0 Å². The monoisotopic (exact) mass is 275 g/mol. The molecule has 1 aromatic rings. The number of nitrogens with two attached hydrogens (primary N) is 1. The molecule has 2 aliphatic rings. The molecule has 20 heavy (non-hydrogen) atoms. The van der Waals surface area contributed by atoms with Crippen LogP contribution in [0.1, 0.15) is 41.1 Å². The number of anilines is 1. The van der Waals surface area contributed by atoms with Crippen molar-refractivity contribution in [1.82, 2.24) is 15.3 Å². The maximum Gasteiger partial charge on any atom is 0.289 e. The topological polar surface area (TPSA) is 84.1 Å². The number of nitrogens with one attached hydrogen (secondary N) is 1. The third-order valence-electron chi connectivity index (χ3n) is 4.00. The van der Waals surface area contributed by atoms with Crippen LogP contribution in [0.2, 0.25) is 0 Å². The molecular weight excluding hydrogens is 254 g/mol. The molecule has 0 unspecified atom stereocenters. The second kappa shape index (κ2) is 5.01. The van der Waals surface area contributed by atoms with E-state index >= 15 is 0 Å². The predicted molar refractivity (Wildman–Crippen MR) is 76.8 cm³/mol. The van der Waals surface area contributed by atoms with Gasteiger partial charge in [0.15, 0.2) is 0 Å². The number of carbonyl (C=O) groups excluding carboxylic acids is 1. The van der Waals surface area contributed by atoms with Crippen LogP contribution in [0.25, 0.3) is 0 Å². The second-order valence-corrected chi connectivity index (χ2v) is 5.82. The van der Waals surface area contributed by atoms with Crippen molar-refractivity contribution in [3.63, 3.8) is 0 Å². The smallest absolute Gasteiger partial charge is 0.289 e. The van der Waals surface area contributed by atoms with Crippen LogP contribution in [0.15, 0.2) is 0 Å². The first kappa shape index (κ1) is 13.3. The Kier molecular flexibility index (Phi) is 3.33. The average molecular weight is 275 g/mol. The number of carbonyl (C=O) groups is 1. The van der Waals surface area contributed by atoms with Crippen molar-refractivity contribution in [2.45, 2.75) is 45.2 Å². The Hall–Kier alpha value is -1.69. The minimum absolute atomic E-state index is 0.166. The van der Waals surface area contributed by atoms with Gasteiger partial charge in [0.05, 0.1) is 0 Å². The van der Waals surface area contributed by atoms with Gasteiger partial charge in [-0.15, -0.1) is 0 Å². The largest absolute Gasteiger partial charge is 0.355 e. The number of hydrogen-bond donors (Lipinski definition) is 2. The molecule has 1 saturated heterocycles. The summed E-state index contributed by atoms with van der Waals surface area (Å²) >= 11 is 0. The van der Waals surface area contributed by atoms with Crippen LogP contribution in [0.5, 0.6) is 0 Å². The van der Waals surface area contributed by atoms with E-state index in [0.717, 1.165) is 49.4 Å². The van der Waals surface area contributed by atoms with E-state index in [1.165, 1.54) is 0 Å². The zero-order chi connectivity index (χ0) is 14.3. The quantitative estimate of drug-likeness (QED) is 0.840. The molecule has 3 rings (SSSR count). The van der Waals surface area contributed by atoms with Gasteiger partial charge in [0.2, 0.25) is 5.82 Å². The molecule has 2 heterocycles. The molecule has 1 saturated carbocycles. The summed E-state index contributed by atoms with van der Waals surface area (Å²) in [5.74, 6) is 0.960. The van der Waals surface area contributed by atoms with E-state index in [1.54, 1.807) is 0 Å². The third-order valence-corrected chi connectivity index (χ3v) is 4.00. The highest BCUT2D eigenvalue weighted by molar-refractivity contribution is 5.91. The van der Waals surface area contributed by atoms with Gasteiger partial charge in [-0.2, -0.15) is 0 Å². The van der Waals surface area contributed by atoms with Gasteiger partial charge in [-0.25, -0.2) is 9.97 Å². The first-order chi connectivity index (χ1) is 9.54. The Morgan fingerprint density at radius 1 is 1.30 bits per heavy atom. The van der Waals surface area contributed by atoms with Crippen molar-refractivity contribution in [3.05, 3.63) is 17.1 Å². The van der Waals surface area contributed by atoms with Crippen molar-refractivity contribution < 1.29 is 4.79 Å². The molecular formula is C14H21N5O. The molecule has 6 heteroatoms. The molecule has 1 amide bonds. The summed E-state index contributed by atoms with van der Waals surface area (Å²) in [4.78, 5) is 23.1. The van der Waals surface area contributed by atoms with E-state index in [9.17, 15) is 4.79 Å². The highest BCUT2D eigenvalue weighted by atomic mass is 16.2. The Balaban J connectivity index is 1.88. The number of amides is 1. The minimum atomic E-state index is -0.166. The summed E-state index contributed by atoms with van der Waals surface area (Å²) in [6.45, 7) is 5.60. The summed E-state index contributed by atoms with van der Waals surface area (Å²) < 4.78 is 0. The Morgan fingerprint density at radius 2 is 2.05 bits per heavy atom. The number of hydrogen-bond acceptors (Lipinski definition) is 5. The molecule has 0 radical (unpaired) electrons. The predicted octanol–water partition coefficient (Wildman–Crippen LogP) is 0.523. The second-order valence-electron chi connectivity index (χ2n) is 5.82. The highest BCUT2D eigenvalue weighted by Gasteiger charge is 2.27. The van der Waals surface area contributed by atoms with Gasteiger partial charge in [0, 0.05) is 36.4 Å². The molecule has 0 aromatic carbocycles. The Morgan fingerprint density at radius 3 is 2.65 bits per heavy atom. The Labute approximate surface area is 118 Å². The molecule has 0 spiro atoms. The fourth-order valence-electron chi connectivity index (χ4n) is 2.48. The third kappa shape index (κ3) is 2.60. The van der Waals surface area contributed by atoms with Crippen molar-refractivity contribution >= 4 is 11.7 Å². The van der Waals surface area contributed by atoms with Crippen LogP contribution in [0.4, 0.5) is 5.82 Å². The van der Waals surface area contributed by atoms with Gasteiger partial charge in [0.25, 0.3) is 5.91 Å². The van der Waals surface area contributed by atoms with E-state index in [2.05, 4.69) is 20.2 Å². The highest BCUT2D eigenvalue weighted by Crippen LogP contribution is 2.24. The van der Waals surface area contributed by atoms with Crippen LogP contribution >= 0.6 is 0 Å². The zero-order valence-corrected chi connectivity index (χ0v) is 12.0. The lowest BCUT2D eigenvalue weighted by Gasteiger charge is -2.20. The van der Waals surface area contributed by atoms with Gasteiger partial charge in [-0.05, 0) is 33.1 Å². The molecule has 0 bridgehead atoms.